The van der Waals surface area contributed by atoms with Crippen molar-refractivity contribution in [1.82, 2.24) is 9.97 Å². The second-order valence-corrected chi connectivity index (χ2v) is 9.77. The van der Waals surface area contributed by atoms with E-state index < -0.39 is 0 Å². The fourth-order valence-electron chi connectivity index (χ4n) is 4.57. The molecule has 0 unspecified atom stereocenters. The fourth-order valence-corrected chi connectivity index (χ4v) is 4.57. The van der Waals surface area contributed by atoms with Gasteiger partial charge in [0.15, 0.2) is 0 Å². The third kappa shape index (κ3) is 8.31. The number of hydrogen-bond acceptors (Lipinski definition) is 7. The number of nitrogens with zero attached hydrogens (tertiary/aromatic N) is 2. The summed E-state index contributed by atoms with van der Waals surface area (Å²) in [5.74, 6) is 4.05. The minimum Gasteiger partial charge on any atom is -0.457 e. The smallest absolute Gasteiger partial charge is 0.204 e. The Hall–Kier alpha value is -3.94. The maximum atomic E-state index is 8.85. The molecule has 0 bridgehead atoms. The van der Waals surface area contributed by atoms with Crippen LogP contribution in [0.4, 0.5) is 11.6 Å². The molecule has 1 aromatic heterocycles. The largest absolute Gasteiger partial charge is 0.457 e. The minimum atomic E-state index is 0.250. The van der Waals surface area contributed by atoms with E-state index in [1.54, 1.807) is 0 Å². The maximum absolute atomic E-state index is 8.85. The Balaban J connectivity index is 0.00000121. The Morgan fingerprint density at radius 1 is 1.05 bits per heavy atom. The first kappa shape index (κ1) is 27.6. The van der Waals surface area contributed by atoms with Gasteiger partial charge in [-0.05, 0) is 73.9 Å². The van der Waals surface area contributed by atoms with Gasteiger partial charge in [-0.25, -0.2) is 9.97 Å². The first-order valence-electron chi connectivity index (χ1n) is 12.9. The molecule has 196 valence electrons. The lowest BCUT2D eigenvalue weighted by atomic mass is 9.82. The molecule has 1 amide bonds. The van der Waals surface area contributed by atoms with Crippen LogP contribution in [0.1, 0.15) is 63.5 Å². The number of ether oxygens (including phenoxy) is 1. The first-order valence-corrected chi connectivity index (χ1v) is 12.9. The molecular formula is C29H38N6O2. The van der Waals surface area contributed by atoms with Crippen molar-refractivity contribution >= 4 is 23.8 Å². The Bertz CT molecular complexity index is 1130. The summed E-state index contributed by atoms with van der Waals surface area (Å²) < 4.78 is 5.87. The highest BCUT2D eigenvalue weighted by molar-refractivity contribution is 6.16. The van der Waals surface area contributed by atoms with E-state index in [0.29, 0.717) is 34.7 Å². The van der Waals surface area contributed by atoms with Crippen molar-refractivity contribution in [3.63, 3.8) is 0 Å². The monoisotopic (exact) mass is 502 g/mol. The second-order valence-electron chi connectivity index (χ2n) is 9.77. The Morgan fingerprint density at radius 3 is 2.30 bits per heavy atom. The summed E-state index contributed by atoms with van der Waals surface area (Å²) in [5, 5.41) is 12.4. The lowest BCUT2D eigenvalue weighted by molar-refractivity contribution is -0.106. The summed E-state index contributed by atoms with van der Waals surface area (Å²) in [6.07, 6.45) is 9.06. The zero-order chi connectivity index (χ0) is 26.6. The number of anilines is 2. The number of aromatic nitrogens is 2. The molecule has 1 heterocycles. The van der Waals surface area contributed by atoms with Crippen molar-refractivity contribution in [1.29, 1.82) is 5.41 Å². The number of nitrogens with one attached hydrogen (secondary N) is 2. The number of nitrogen functional groups attached to an aromatic ring is 1. The molecule has 0 spiro atoms. The molecule has 6 N–H and O–H groups in total. The molecule has 3 aromatic rings. The standard InChI is InChI=1S/C28H35N5O.CH3NO/c1-19(2)8-9-20-10-14-22(15-11-20)33-28-25(27(30)31-18-32-28)26(29)21-12-16-24(17-13-21)34-23-6-4-3-5-7-23;2-1-3/h3-7,12-13,16-20,22,29H,8-11,14-15H2,1-2H3,(H3,30,31,32,33);1H,(H2,2,3). The van der Waals surface area contributed by atoms with E-state index >= 15 is 0 Å². The normalized spacial score (nSPS) is 16.8. The highest BCUT2D eigenvalue weighted by atomic mass is 16.5. The molecule has 8 nitrogen and oxygen atoms in total. The predicted octanol–water partition coefficient (Wildman–Crippen LogP) is 5.78. The molecule has 1 aliphatic carbocycles. The summed E-state index contributed by atoms with van der Waals surface area (Å²) >= 11 is 0. The van der Waals surface area contributed by atoms with Gasteiger partial charge in [-0.3, -0.25) is 10.2 Å². The molecule has 0 aliphatic heterocycles. The van der Waals surface area contributed by atoms with E-state index in [1.165, 1.54) is 32.0 Å². The molecule has 1 aliphatic rings. The molecule has 2 aromatic carbocycles. The molecular weight excluding hydrogens is 464 g/mol. The van der Waals surface area contributed by atoms with E-state index in [2.05, 4.69) is 34.9 Å². The summed E-state index contributed by atoms with van der Waals surface area (Å²) in [7, 11) is 0. The Kier molecular flexibility index (Phi) is 10.4. The van der Waals surface area contributed by atoms with Crippen LogP contribution >= 0.6 is 0 Å². The number of carbonyl (C=O) groups is 1. The van der Waals surface area contributed by atoms with Crippen molar-refractivity contribution in [2.75, 3.05) is 11.1 Å². The average molecular weight is 503 g/mol. The van der Waals surface area contributed by atoms with Gasteiger partial charge in [0.25, 0.3) is 0 Å². The van der Waals surface area contributed by atoms with Crippen LogP contribution in [-0.2, 0) is 4.79 Å². The average Bonchev–Trinajstić information content (AvgIpc) is 2.90. The number of nitrogens with two attached hydrogens (primary N) is 2. The van der Waals surface area contributed by atoms with E-state index in [9.17, 15) is 0 Å². The van der Waals surface area contributed by atoms with Gasteiger partial charge in [-0.1, -0.05) is 44.9 Å². The van der Waals surface area contributed by atoms with E-state index in [4.69, 9.17) is 20.7 Å². The first-order chi connectivity index (χ1) is 17.9. The molecule has 4 rings (SSSR count). The Morgan fingerprint density at radius 2 is 1.68 bits per heavy atom. The molecule has 1 fully saturated rings. The van der Waals surface area contributed by atoms with Crippen LogP contribution in [0, 0.1) is 17.2 Å². The summed E-state index contributed by atoms with van der Waals surface area (Å²) in [6, 6.07) is 17.5. The lowest BCUT2D eigenvalue weighted by Crippen LogP contribution is -2.28. The van der Waals surface area contributed by atoms with Gasteiger partial charge in [0.05, 0.1) is 11.3 Å². The van der Waals surface area contributed by atoms with Crippen LogP contribution in [0.15, 0.2) is 60.9 Å². The molecule has 8 heteroatoms. The number of carbonyl (C=O) groups excluding carboxylic acids is 1. The van der Waals surface area contributed by atoms with Crippen molar-refractivity contribution in [3.8, 4) is 11.5 Å². The summed E-state index contributed by atoms with van der Waals surface area (Å²) in [6.45, 7) is 4.60. The number of para-hydroxylation sites is 1. The number of primary amides is 1. The van der Waals surface area contributed by atoms with Gasteiger partial charge in [-0.15, -0.1) is 0 Å². The van der Waals surface area contributed by atoms with Crippen LogP contribution in [0.5, 0.6) is 11.5 Å². The van der Waals surface area contributed by atoms with Gasteiger partial charge in [0.1, 0.15) is 29.5 Å². The van der Waals surface area contributed by atoms with Gasteiger partial charge >= 0.3 is 0 Å². The topological polar surface area (TPSA) is 140 Å². The third-order valence-corrected chi connectivity index (χ3v) is 6.59. The van der Waals surface area contributed by atoms with Gasteiger partial charge in [0.2, 0.25) is 6.41 Å². The molecule has 0 saturated heterocycles. The third-order valence-electron chi connectivity index (χ3n) is 6.59. The van der Waals surface area contributed by atoms with E-state index in [1.807, 2.05) is 54.6 Å². The number of amides is 1. The zero-order valence-electron chi connectivity index (χ0n) is 21.7. The maximum Gasteiger partial charge on any atom is 0.204 e. The van der Waals surface area contributed by atoms with Crippen molar-refractivity contribution in [3.05, 3.63) is 72.1 Å². The summed E-state index contributed by atoms with van der Waals surface area (Å²) in [4.78, 5) is 17.2. The summed E-state index contributed by atoms with van der Waals surface area (Å²) in [5.41, 5.74) is 12.0. The number of rotatable bonds is 9. The van der Waals surface area contributed by atoms with Gasteiger partial charge < -0.3 is 21.5 Å². The lowest BCUT2D eigenvalue weighted by Gasteiger charge is -2.30. The predicted molar refractivity (Wildman–Crippen MR) is 149 cm³/mol. The Labute approximate surface area is 219 Å². The fraction of sp³-hybridized carbons (Fsp3) is 0.379. The minimum absolute atomic E-state index is 0.250. The molecule has 37 heavy (non-hydrogen) atoms. The van der Waals surface area contributed by atoms with Crippen molar-refractivity contribution in [2.45, 2.75) is 58.4 Å². The zero-order valence-corrected chi connectivity index (χ0v) is 21.7. The number of benzene rings is 2. The molecule has 0 atom stereocenters. The van der Waals surface area contributed by atoms with Crippen LogP contribution in [0.25, 0.3) is 0 Å². The van der Waals surface area contributed by atoms with Crippen LogP contribution < -0.4 is 21.5 Å². The van der Waals surface area contributed by atoms with Crippen molar-refractivity contribution < 1.29 is 9.53 Å². The van der Waals surface area contributed by atoms with E-state index in [-0.39, 0.29) is 6.41 Å². The van der Waals surface area contributed by atoms with Gasteiger partial charge in [-0.2, -0.15) is 0 Å². The number of hydrogen-bond donors (Lipinski definition) is 4. The molecule has 1 saturated carbocycles. The molecule has 0 radical (unpaired) electrons. The van der Waals surface area contributed by atoms with Crippen LogP contribution in [-0.4, -0.2) is 28.1 Å². The van der Waals surface area contributed by atoms with Crippen LogP contribution in [0.2, 0.25) is 0 Å². The highest BCUT2D eigenvalue weighted by Crippen LogP contribution is 2.32. The van der Waals surface area contributed by atoms with Gasteiger partial charge in [0, 0.05) is 11.6 Å². The quantitative estimate of drug-likeness (QED) is 0.216. The second kappa shape index (κ2) is 14.0. The SMILES string of the molecule is CC(C)CCC1CCC(Nc2ncnc(N)c2C(=N)c2ccc(Oc3ccccc3)cc2)CC1.NC=O. The highest BCUT2D eigenvalue weighted by Gasteiger charge is 2.24. The van der Waals surface area contributed by atoms with Crippen molar-refractivity contribution in [2.24, 2.45) is 17.6 Å². The van der Waals surface area contributed by atoms with Crippen LogP contribution in [0.3, 0.4) is 0 Å². The van der Waals surface area contributed by atoms with E-state index in [0.717, 1.165) is 36.0 Å².